The van der Waals surface area contributed by atoms with Crippen molar-refractivity contribution < 1.29 is 51.3 Å². The normalized spacial score (nSPS) is 10.0. The van der Waals surface area contributed by atoms with Crippen molar-refractivity contribution in [2.75, 3.05) is 22.9 Å². The van der Waals surface area contributed by atoms with Gasteiger partial charge in [0.2, 0.25) is 23.8 Å². The van der Waals surface area contributed by atoms with Crippen LogP contribution in [0.5, 0.6) is 0 Å². The minimum atomic E-state index is -4.94. The molecule has 0 spiro atoms. The van der Waals surface area contributed by atoms with Crippen LogP contribution in [0.3, 0.4) is 0 Å². The minimum absolute atomic E-state index is 0. The maximum absolute atomic E-state index is 8.49. The SMILES string of the molecule is Nc1nc(N)nc(-c2cnccn2)n1.Nc1nc(N)nc(-c2cnccn2)n1.[Ag+].[O-][Cl+3]([O-])([O-])[O-]. The molecule has 0 aliphatic carbocycles. The van der Waals surface area contributed by atoms with Gasteiger partial charge in [0.25, 0.3) is 0 Å². The summed E-state index contributed by atoms with van der Waals surface area (Å²) in [4.78, 5) is 38.6. The molecule has 4 aromatic rings. The van der Waals surface area contributed by atoms with Gasteiger partial charge in [-0.05, 0) is 0 Å². The van der Waals surface area contributed by atoms with Crippen LogP contribution in [0.15, 0.2) is 37.2 Å². The predicted molar refractivity (Wildman–Crippen MR) is 99.4 cm³/mol. The second-order valence-electron chi connectivity index (χ2n) is 5.31. The molecule has 0 aliphatic heterocycles. The molecule has 0 saturated heterocycles. The van der Waals surface area contributed by atoms with E-state index >= 15 is 0 Å². The first-order chi connectivity index (χ1) is 15.5. The van der Waals surface area contributed by atoms with Gasteiger partial charge in [0.15, 0.2) is 11.6 Å². The van der Waals surface area contributed by atoms with E-state index in [1.807, 2.05) is 0 Å². The first kappa shape index (κ1) is 28.3. The van der Waals surface area contributed by atoms with Crippen molar-refractivity contribution in [3.05, 3.63) is 37.2 Å². The fourth-order valence-corrected chi connectivity index (χ4v) is 1.88. The summed E-state index contributed by atoms with van der Waals surface area (Å²) in [6.07, 6.45) is 9.22. The zero-order valence-corrected chi connectivity index (χ0v) is 18.8. The van der Waals surface area contributed by atoms with E-state index in [0.717, 1.165) is 0 Å². The Labute approximate surface area is 207 Å². The second kappa shape index (κ2) is 13.1. The molecule has 4 heterocycles. The summed E-state index contributed by atoms with van der Waals surface area (Å²) in [6, 6.07) is 0. The van der Waals surface area contributed by atoms with Crippen LogP contribution in [0.25, 0.3) is 23.0 Å². The molecule has 4 aromatic heterocycles. The van der Waals surface area contributed by atoms with E-state index in [2.05, 4.69) is 49.8 Å². The van der Waals surface area contributed by atoms with Gasteiger partial charge < -0.3 is 22.9 Å². The molecule has 0 atom stereocenters. The first-order valence-electron chi connectivity index (χ1n) is 8.20. The maximum Gasteiger partial charge on any atom is 1.00 e. The molecule has 34 heavy (non-hydrogen) atoms. The van der Waals surface area contributed by atoms with Crippen molar-refractivity contribution in [3.8, 4) is 23.0 Å². The van der Waals surface area contributed by atoms with Crippen LogP contribution < -0.4 is 41.6 Å². The summed E-state index contributed by atoms with van der Waals surface area (Å²) in [5.74, 6) is 0.916. The van der Waals surface area contributed by atoms with Crippen molar-refractivity contribution in [2.45, 2.75) is 0 Å². The topological polar surface area (TPSA) is 325 Å². The molecule has 0 bridgehead atoms. The Hall–Kier alpha value is -3.75. The van der Waals surface area contributed by atoms with Crippen LogP contribution >= 0.6 is 0 Å². The molecule has 8 N–H and O–H groups in total. The zero-order valence-electron chi connectivity index (χ0n) is 16.6. The molecular formula is C14H14AgClN14O4. The van der Waals surface area contributed by atoms with E-state index in [1.54, 1.807) is 12.4 Å². The molecule has 4 rings (SSSR count). The van der Waals surface area contributed by atoms with Crippen molar-refractivity contribution in [1.82, 2.24) is 49.8 Å². The van der Waals surface area contributed by atoms with E-state index in [0.29, 0.717) is 23.0 Å². The van der Waals surface area contributed by atoms with Crippen molar-refractivity contribution in [2.24, 2.45) is 0 Å². The number of halogens is 1. The van der Waals surface area contributed by atoms with Gasteiger partial charge in [-0.1, -0.05) is 0 Å². The van der Waals surface area contributed by atoms with Gasteiger partial charge in [-0.3, -0.25) is 9.97 Å². The van der Waals surface area contributed by atoms with Crippen LogP contribution in [0, 0.1) is 10.2 Å². The number of hydrogen-bond acceptors (Lipinski definition) is 18. The minimum Gasteiger partial charge on any atom is -0.368 e. The molecule has 0 aliphatic rings. The third-order valence-electron chi connectivity index (χ3n) is 2.92. The molecule has 18 nitrogen and oxygen atoms in total. The summed E-state index contributed by atoms with van der Waals surface area (Å²) in [5.41, 5.74) is 22.6. The summed E-state index contributed by atoms with van der Waals surface area (Å²) in [7, 11) is -4.94. The number of hydrogen-bond donors (Lipinski definition) is 4. The largest absolute Gasteiger partial charge is 1.00 e. The Bertz CT molecular complexity index is 1040. The van der Waals surface area contributed by atoms with E-state index in [-0.39, 0.29) is 46.2 Å². The summed E-state index contributed by atoms with van der Waals surface area (Å²) >= 11 is 0. The van der Waals surface area contributed by atoms with Crippen LogP contribution in [0.4, 0.5) is 23.8 Å². The van der Waals surface area contributed by atoms with Gasteiger partial charge in [-0.2, -0.15) is 29.9 Å². The third-order valence-corrected chi connectivity index (χ3v) is 2.92. The molecule has 0 fully saturated rings. The number of rotatable bonds is 2. The zero-order chi connectivity index (χ0) is 24.4. The molecular weight excluding hydrogens is 572 g/mol. The summed E-state index contributed by atoms with van der Waals surface area (Å²) in [6.45, 7) is 0. The van der Waals surface area contributed by atoms with E-state index < -0.39 is 10.2 Å². The molecule has 0 amide bonds. The first-order valence-corrected chi connectivity index (χ1v) is 9.43. The van der Waals surface area contributed by atoms with Crippen LogP contribution in [0.1, 0.15) is 0 Å². The fraction of sp³-hybridized carbons (Fsp3) is 0. The number of nitrogens with two attached hydrogens (primary N) is 4. The van der Waals surface area contributed by atoms with Crippen LogP contribution in [-0.4, -0.2) is 49.8 Å². The van der Waals surface area contributed by atoms with Crippen molar-refractivity contribution in [3.63, 3.8) is 0 Å². The predicted octanol–water partition coefficient (Wildman–Crippen LogP) is -5.77. The smallest absolute Gasteiger partial charge is 0.368 e. The molecule has 0 saturated carbocycles. The van der Waals surface area contributed by atoms with Crippen molar-refractivity contribution in [1.29, 1.82) is 0 Å². The average Bonchev–Trinajstić information content (AvgIpc) is 2.73. The van der Waals surface area contributed by atoms with E-state index in [4.69, 9.17) is 41.6 Å². The van der Waals surface area contributed by atoms with Gasteiger partial charge in [0.1, 0.15) is 11.4 Å². The van der Waals surface area contributed by atoms with Crippen LogP contribution in [0.2, 0.25) is 0 Å². The molecule has 0 radical (unpaired) electrons. The van der Waals surface area contributed by atoms with Crippen molar-refractivity contribution >= 4 is 23.8 Å². The van der Waals surface area contributed by atoms with Gasteiger partial charge in [-0.25, -0.2) is 28.6 Å². The molecule has 0 aromatic carbocycles. The Kier molecular flexibility index (Phi) is 10.9. The molecule has 20 heteroatoms. The fourth-order valence-electron chi connectivity index (χ4n) is 1.88. The monoisotopic (exact) mass is 584 g/mol. The number of anilines is 4. The van der Waals surface area contributed by atoms with E-state index in [1.165, 1.54) is 24.8 Å². The van der Waals surface area contributed by atoms with Gasteiger partial charge in [0, 0.05) is 24.8 Å². The Morgan fingerprint density at radius 1 is 0.529 bits per heavy atom. The summed E-state index contributed by atoms with van der Waals surface area (Å²) in [5, 5.41) is 0. The quantitative estimate of drug-likeness (QED) is 0.159. The standard InChI is InChI=1S/2C7H7N7.Ag.ClHO4/c2*8-6-12-5(13-7(9)14-6)4-3-10-1-2-11-4;;2-1(3,4)5/h2*1-3H,(H4,8,9,12,13,14);;(H,2,3,4,5)/q;;+1;/p-1. The average molecular weight is 586 g/mol. The third kappa shape index (κ3) is 10.7. The number of aromatic nitrogens is 10. The Balaban J connectivity index is 0.000000278. The number of nitrogen functional groups attached to an aromatic ring is 4. The van der Waals surface area contributed by atoms with E-state index in [9.17, 15) is 0 Å². The summed E-state index contributed by atoms with van der Waals surface area (Å²) < 4.78 is 34.0. The Morgan fingerprint density at radius 2 is 0.824 bits per heavy atom. The molecule has 182 valence electrons. The van der Waals surface area contributed by atoms with Gasteiger partial charge in [0.05, 0.1) is 12.4 Å². The second-order valence-corrected chi connectivity index (χ2v) is 6.07. The maximum atomic E-state index is 8.49. The van der Waals surface area contributed by atoms with Gasteiger partial charge >= 0.3 is 22.4 Å². The molecule has 0 unspecified atom stereocenters. The Morgan fingerprint density at radius 3 is 1.06 bits per heavy atom. The van der Waals surface area contributed by atoms with Crippen LogP contribution in [-0.2, 0) is 22.4 Å². The van der Waals surface area contributed by atoms with Gasteiger partial charge in [-0.15, -0.1) is 10.2 Å². The number of nitrogens with zero attached hydrogens (tertiary/aromatic N) is 10.